The molecule has 1 heterocycles. The Morgan fingerprint density at radius 2 is 1.24 bits per heavy atom. The van der Waals surface area contributed by atoms with Crippen molar-refractivity contribution in [3.8, 4) is 11.5 Å². The first-order valence-electron chi connectivity index (χ1n) is 5.42. The fourth-order valence-corrected chi connectivity index (χ4v) is 1.33. The van der Waals surface area contributed by atoms with E-state index >= 15 is 0 Å². The van der Waals surface area contributed by atoms with Gasteiger partial charge in [0.05, 0.1) is 6.20 Å². The smallest absolute Gasteiger partial charge is 0.225 e. The Balaban J connectivity index is 0.000000153. The van der Waals surface area contributed by atoms with Crippen LogP contribution in [0.2, 0.25) is 0 Å². The predicted octanol–water partition coefficient (Wildman–Crippen LogP) is 4.03. The predicted molar refractivity (Wildman–Crippen MR) is 68.4 cm³/mol. The minimum Gasteiger partial charge on any atom is -0.445 e. The lowest BCUT2D eigenvalue weighted by molar-refractivity contribution is 0.574. The van der Waals surface area contributed by atoms with Gasteiger partial charge < -0.3 is 4.42 Å². The molecule has 0 N–H and O–H groups in total. The Kier molecular flexibility index (Phi) is 4.12. The second kappa shape index (κ2) is 6.28. The molecular formula is C15H13NO. The summed E-state index contributed by atoms with van der Waals surface area (Å²) in [4.78, 5) is 4.02. The van der Waals surface area contributed by atoms with Crippen LogP contribution in [0.15, 0.2) is 83.6 Å². The van der Waals surface area contributed by atoms with Crippen LogP contribution in [0.25, 0.3) is 11.5 Å². The van der Waals surface area contributed by atoms with E-state index in [1.807, 2.05) is 66.7 Å². The summed E-state index contributed by atoms with van der Waals surface area (Å²) in [5.74, 6) is 0.672. The maximum absolute atomic E-state index is 5.11. The monoisotopic (exact) mass is 223 g/mol. The van der Waals surface area contributed by atoms with E-state index in [-0.39, 0.29) is 0 Å². The number of oxazole rings is 1. The van der Waals surface area contributed by atoms with E-state index < -0.39 is 0 Å². The molecule has 2 nitrogen and oxygen atoms in total. The number of hydrogen-bond acceptors (Lipinski definition) is 2. The third-order valence-corrected chi connectivity index (χ3v) is 2.12. The molecule has 2 heteroatoms. The quantitative estimate of drug-likeness (QED) is 0.622. The van der Waals surface area contributed by atoms with Crippen LogP contribution in [0.4, 0.5) is 0 Å². The van der Waals surface area contributed by atoms with Crippen LogP contribution >= 0.6 is 0 Å². The summed E-state index contributed by atoms with van der Waals surface area (Å²) in [6.07, 6.45) is 3.21. The van der Waals surface area contributed by atoms with E-state index in [0.717, 1.165) is 5.56 Å². The minimum absolute atomic E-state index is 0.672. The molecule has 0 saturated carbocycles. The summed E-state index contributed by atoms with van der Waals surface area (Å²) in [7, 11) is 0. The van der Waals surface area contributed by atoms with Crippen LogP contribution in [0.5, 0.6) is 0 Å². The van der Waals surface area contributed by atoms with Crippen molar-refractivity contribution < 1.29 is 4.42 Å². The SMILES string of the molecule is c1ccc(-c2ncco2)cc1.c1ccccc1. The van der Waals surface area contributed by atoms with Crippen LogP contribution in [0.1, 0.15) is 0 Å². The van der Waals surface area contributed by atoms with Crippen molar-refractivity contribution in [3.63, 3.8) is 0 Å². The first kappa shape index (κ1) is 11.1. The lowest BCUT2D eigenvalue weighted by Crippen LogP contribution is -1.73. The number of hydrogen-bond donors (Lipinski definition) is 0. The molecule has 0 spiro atoms. The summed E-state index contributed by atoms with van der Waals surface area (Å²) < 4.78 is 5.11. The molecule has 0 aliphatic carbocycles. The molecule has 0 saturated heterocycles. The van der Waals surface area contributed by atoms with Gasteiger partial charge in [0.15, 0.2) is 0 Å². The average molecular weight is 223 g/mol. The molecule has 0 aliphatic rings. The van der Waals surface area contributed by atoms with Gasteiger partial charge in [-0.25, -0.2) is 4.98 Å². The third kappa shape index (κ3) is 3.61. The fourth-order valence-electron chi connectivity index (χ4n) is 1.33. The standard InChI is InChI=1S/C9H7NO.C6H6/c1-2-4-8(5-3-1)9-10-6-7-11-9;1-2-4-6-5-3-1/h1-7H;1-6H. The maximum Gasteiger partial charge on any atom is 0.225 e. The van der Waals surface area contributed by atoms with Crippen molar-refractivity contribution in [2.24, 2.45) is 0 Å². The van der Waals surface area contributed by atoms with Crippen LogP contribution in [-0.4, -0.2) is 4.98 Å². The average Bonchev–Trinajstić information content (AvgIpc) is 2.96. The molecule has 3 aromatic rings. The molecule has 0 bridgehead atoms. The largest absolute Gasteiger partial charge is 0.445 e. The van der Waals surface area contributed by atoms with E-state index in [9.17, 15) is 0 Å². The molecule has 3 rings (SSSR count). The zero-order valence-electron chi connectivity index (χ0n) is 9.36. The van der Waals surface area contributed by atoms with Gasteiger partial charge in [-0.2, -0.15) is 0 Å². The van der Waals surface area contributed by atoms with E-state index in [4.69, 9.17) is 4.42 Å². The Morgan fingerprint density at radius 3 is 1.71 bits per heavy atom. The highest BCUT2D eigenvalue weighted by Gasteiger charge is 1.97. The molecule has 0 amide bonds. The summed E-state index contributed by atoms with van der Waals surface area (Å²) in [6, 6.07) is 21.8. The second-order valence-electron chi connectivity index (χ2n) is 3.36. The van der Waals surface area contributed by atoms with Gasteiger partial charge in [0.1, 0.15) is 6.26 Å². The van der Waals surface area contributed by atoms with E-state index in [1.54, 1.807) is 12.5 Å². The van der Waals surface area contributed by atoms with Crippen molar-refractivity contribution in [1.29, 1.82) is 0 Å². The molecule has 0 aliphatic heterocycles. The lowest BCUT2D eigenvalue weighted by Gasteiger charge is -1.91. The molecule has 84 valence electrons. The van der Waals surface area contributed by atoms with Crippen LogP contribution in [0, 0.1) is 0 Å². The number of nitrogens with zero attached hydrogens (tertiary/aromatic N) is 1. The van der Waals surface area contributed by atoms with Gasteiger partial charge in [0, 0.05) is 5.56 Å². The van der Waals surface area contributed by atoms with Gasteiger partial charge in [-0.15, -0.1) is 0 Å². The van der Waals surface area contributed by atoms with E-state index in [1.165, 1.54) is 0 Å². The van der Waals surface area contributed by atoms with Crippen LogP contribution in [0.3, 0.4) is 0 Å². The Bertz CT molecular complexity index is 476. The molecule has 0 unspecified atom stereocenters. The zero-order valence-corrected chi connectivity index (χ0v) is 9.36. The first-order valence-corrected chi connectivity index (χ1v) is 5.42. The molecule has 17 heavy (non-hydrogen) atoms. The van der Waals surface area contributed by atoms with Crippen LogP contribution in [-0.2, 0) is 0 Å². The summed E-state index contributed by atoms with van der Waals surface area (Å²) in [6.45, 7) is 0. The second-order valence-corrected chi connectivity index (χ2v) is 3.36. The molecular weight excluding hydrogens is 210 g/mol. The summed E-state index contributed by atoms with van der Waals surface area (Å²) >= 11 is 0. The van der Waals surface area contributed by atoms with Crippen molar-refractivity contribution in [2.45, 2.75) is 0 Å². The molecule has 0 fully saturated rings. The molecule has 0 atom stereocenters. The van der Waals surface area contributed by atoms with Crippen molar-refractivity contribution in [3.05, 3.63) is 79.2 Å². The zero-order chi connectivity index (χ0) is 11.8. The third-order valence-electron chi connectivity index (χ3n) is 2.12. The van der Waals surface area contributed by atoms with Crippen molar-refractivity contribution in [2.75, 3.05) is 0 Å². The van der Waals surface area contributed by atoms with Crippen molar-refractivity contribution >= 4 is 0 Å². The van der Waals surface area contributed by atoms with E-state index in [0.29, 0.717) is 5.89 Å². The highest BCUT2D eigenvalue weighted by molar-refractivity contribution is 5.51. The van der Waals surface area contributed by atoms with E-state index in [2.05, 4.69) is 4.98 Å². The Morgan fingerprint density at radius 1 is 0.706 bits per heavy atom. The Labute approximate surface area is 101 Å². The first-order chi connectivity index (χ1) is 8.47. The summed E-state index contributed by atoms with van der Waals surface area (Å²) in [5.41, 5.74) is 1.01. The van der Waals surface area contributed by atoms with Gasteiger partial charge in [-0.1, -0.05) is 54.6 Å². The topological polar surface area (TPSA) is 26.0 Å². The normalized spacial score (nSPS) is 9.18. The Hall–Kier alpha value is -2.35. The summed E-state index contributed by atoms with van der Waals surface area (Å²) in [5, 5.41) is 0. The highest BCUT2D eigenvalue weighted by atomic mass is 16.3. The van der Waals surface area contributed by atoms with Gasteiger partial charge in [0.25, 0.3) is 0 Å². The minimum atomic E-state index is 0.672. The molecule has 0 radical (unpaired) electrons. The number of benzene rings is 2. The number of aromatic nitrogens is 1. The highest BCUT2D eigenvalue weighted by Crippen LogP contribution is 2.14. The molecule has 2 aromatic carbocycles. The van der Waals surface area contributed by atoms with Crippen LogP contribution < -0.4 is 0 Å². The number of rotatable bonds is 1. The van der Waals surface area contributed by atoms with Gasteiger partial charge in [-0.05, 0) is 12.1 Å². The molecule has 1 aromatic heterocycles. The fraction of sp³-hybridized carbons (Fsp3) is 0. The lowest BCUT2D eigenvalue weighted by atomic mass is 10.2. The van der Waals surface area contributed by atoms with Gasteiger partial charge in [-0.3, -0.25) is 0 Å². The van der Waals surface area contributed by atoms with Gasteiger partial charge in [0.2, 0.25) is 5.89 Å². The van der Waals surface area contributed by atoms with Crippen molar-refractivity contribution in [1.82, 2.24) is 4.98 Å². The maximum atomic E-state index is 5.11. The van der Waals surface area contributed by atoms with Gasteiger partial charge >= 0.3 is 0 Å².